The van der Waals surface area contributed by atoms with E-state index in [0.717, 1.165) is 100 Å². The number of aryl methyl sites for hydroxylation is 1. The molecule has 3 atom stereocenters. The van der Waals surface area contributed by atoms with E-state index < -0.39 is 24.0 Å². The van der Waals surface area contributed by atoms with Crippen LogP contribution < -0.4 is 5.32 Å². The Hall–Kier alpha value is -2.93. The molecule has 3 aliphatic heterocycles. The number of hydrogen-bond acceptors (Lipinski definition) is 9. The van der Waals surface area contributed by atoms with Crippen LogP contribution in [0.5, 0.6) is 0 Å². The molecule has 3 aliphatic rings. The molecule has 14 heteroatoms. The quantitative estimate of drug-likeness (QED) is 0.230. The molecule has 4 aromatic rings. The van der Waals surface area contributed by atoms with Crippen molar-refractivity contribution in [1.29, 1.82) is 5.26 Å². The highest BCUT2D eigenvalue weighted by Crippen LogP contribution is 2.34. The van der Waals surface area contributed by atoms with Crippen molar-refractivity contribution < 1.29 is 17.7 Å². The number of piperidine rings is 2. The van der Waals surface area contributed by atoms with Gasteiger partial charge in [-0.3, -0.25) is 9.80 Å². The number of piperazine rings is 1. The number of nitriles is 1. The summed E-state index contributed by atoms with van der Waals surface area (Å²) in [5.41, 5.74) is 4.26. The van der Waals surface area contributed by atoms with Gasteiger partial charge in [0.05, 0.1) is 24.9 Å². The second kappa shape index (κ2) is 13.8. The SMILES string of the molecule is Cc1c(CN2CCC(Nc3ncnc4sc(CC(F)(F)F)cc34)CC2)ccc2c1cc(C#N)n2CC1CCCC2CN([S+](C)[O-])CCN21. The van der Waals surface area contributed by atoms with Crippen LogP contribution in [-0.2, 0) is 30.9 Å². The molecule has 0 radical (unpaired) electrons. The molecule has 3 saturated heterocycles. The third-order valence-electron chi connectivity index (χ3n) is 10.5. The van der Waals surface area contributed by atoms with Gasteiger partial charge in [-0.05, 0) is 61.9 Å². The Balaban J connectivity index is 1.00. The van der Waals surface area contributed by atoms with E-state index in [0.29, 0.717) is 33.8 Å². The highest BCUT2D eigenvalue weighted by Gasteiger charge is 2.38. The van der Waals surface area contributed by atoms with Gasteiger partial charge in [-0.2, -0.15) is 18.4 Å². The van der Waals surface area contributed by atoms with Gasteiger partial charge in [0.15, 0.2) is 0 Å². The van der Waals surface area contributed by atoms with Crippen molar-refractivity contribution in [2.45, 2.75) is 82.8 Å². The molecular weight excluding hydrogens is 658 g/mol. The minimum atomic E-state index is -4.26. The Morgan fingerprint density at radius 1 is 1.08 bits per heavy atom. The Morgan fingerprint density at radius 2 is 1.90 bits per heavy atom. The van der Waals surface area contributed by atoms with E-state index in [1.165, 1.54) is 17.5 Å². The summed E-state index contributed by atoms with van der Waals surface area (Å²) >= 11 is 0.129. The van der Waals surface area contributed by atoms with E-state index in [2.05, 4.69) is 65.1 Å². The molecule has 0 bridgehead atoms. The topological polar surface area (TPSA) is 99.3 Å². The molecule has 3 unspecified atom stereocenters. The van der Waals surface area contributed by atoms with Crippen molar-refractivity contribution in [3.05, 3.63) is 52.3 Å². The fraction of sp³-hybridized carbons (Fsp3) is 0.559. The zero-order valence-corrected chi connectivity index (χ0v) is 28.9. The standard InChI is InChI=1S/C34H41F3N8OS2/c1-22-23(18-42-10-8-24(9-11-42)41-32-30-15-28(16-34(35,36)37)47-33(30)40-21-39-32)6-7-31-29(22)14-27(17-38)45(31)20-26-5-3-4-25-19-43(48(2)46)12-13-44(25)26/h6-7,14-15,21,24-26H,3-5,8-13,16,18-20H2,1-2H3,(H,39,40,41). The minimum absolute atomic E-state index is 0.174. The number of alkyl halides is 3. The van der Waals surface area contributed by atoms with Crippen LogP contribution in [0.15, 0.2) is 30.6 Å². The normalized spacial score (nSPS) is 22.6. The molecule has 7 rings (SSSR count). The predicted octanol–water partition coefficient (Wildman–Crippen LogP) is 5.84. The van der Waals surface area contributed by atoms with Crippen molar-refractivity contribution in [3.8, 4) is 6.07 Å². The van der Waals surface area contributed by atoms with Gasteiger partial charge in [0.25, 0.3) is 0 Å². The molecule has 0 spiro atoms. The van der Waals surface area contributed by atoms with Crippen LogP contribution in [0.4, 0.5) is 19.0 Å². The molecule has 0 aliphatic carbocycles. The second-order valence-electron chi connectivity index (χ2n) is 13.5. The van der Waals surface area contributed by atoms with E-state index in [-0.39, 0.29) is 10.9 Å². The van der Waals surface area contributed by atoms with Gasteiger partial charge in [0.1, 0.15) is 35.0 Å². The van der Waals surface area contributed by atoms with Crippen molar-refractivity contribution in [2.75, 3.05) is 44.3 Å². The molecule has 6 heterocycles. The largest absolute Gasteiger partial charge is 0.598 e. The number of benzene rings is 1. The van der Waals surface area contributed by atoms with Gasteiger partial charge < -0.3 is 14.4 Å². The smallest absolute Gasteiger partial charge is 0.393 e. The molecule has 3 aromatic heterocycles. The summed E-state index contributed by atoms with van der Waals surface area (Å²) in [5, 5.41) is 15.4. The lowest BCUT2D eigenvalue weighted by Gasteiger charge is -2.47. The van der Waals surface area contributed by atoms with Gasteiger partial charge in [-0.1, -0.05) is 12.5 Å². The second-order valence-corrected chi connectivity index (χ2v) is 15.9. The minimum Gasteiger partial charge on any atom is -0.598 e. The molecule has 1 N–H and O–H groups in total. The fourth-order valence-electron chi connectivity index (χ4n) is 7.93. The van der Waals surface area contributed by atoms with E-state index in [1.54, 1.807) is 12.3 Å². The molecule has 0 saturated carbocycles. The van der Waals surface area contributed by atoms with Gasteiger partial charge in [-0.15, -0.1) is 15.6 Å². The summed E-state index contributed by atoms with van der Waals surface area (Å²) in [5.74, 6) is 0.602. The predicted molar refractivity (Wildman–Crippen MR) is 184 cm³/mol. The first-order valence-corrected chi connectivity index (χ1v) is 19.0. The van der Waals surface area contributed by atoms with Gasteiger partial charge in [0.2, 0.25) is 0 Å². The highest BCUT2D eigenvalue weighted by atomic mass is 32.2. The molecule has 256 valence electrons. The Labute approximate surface area is 286 Å². The monoisotopic (exact) mass is 698 g/mol. The first kappa shape index (κ1) is 33.6. The maximum atomic E-state index is 13.0. The molecule has 3 fully saturated rings. The average Bonchev–Trinajstić information content (AvgIpc) is 3.63. The molecule has 48 heavy (non-hydrogen) atoms. The Bertz CT molecular complexity index is 1810. The van der Waals surface area contributed by atoms with Crippen molar-refractivity contribution in [2.24, 2.45) is 0 Å². The lowest BCUT2D eigenvalue weighted by atomic mass is 9.93. The van der Waals surface area contributed by atoms with Crippen LogP contribution in [0.2, 0.25) is 0 Å². The van der Waals surface area contributed by atoms with E-state index >= 15 is 0 Å². The summed E-state index contributed by atoms with van der Waals surface area (Å²) in [6, 6.07) is 11.4. The van der Waals surface area contributed by atoms with Crippen molar-refractivity contribution >= 4 is 49.6 Å². The number of hydrogen-bond donors (Lipinski definition) is 1. The lowest BCUT2D eigenvalue weighted by molar-refractivity contribution is -0.126. The number of nitrogens with one attached hydrogen (secondary N) is 1. The number of nitrogens with zero attached hydrogens (tertiary/aromatic N) is 7. The van der Waals surface area contributed by atoms with Crippen LogP contribution in [-0.4, -0.2) is 96.5 Å². The summed E-state index contributed by atoms with van der Waals surface area (Å²) in [7, 11) is 0. The van der Waals surface area contributed by atoms with E-state index in [4.69, 9.17) is 0 Å². The lowest BCUT2D eigenvalue weighted by Crippen LogP contribution is -2.59. The number of anilines is 1. The zero-order chi connectivity index (χ0) is 33.6. The van der Waals surface area contributed by atoms with Crippen molar-refractivity contribution in [3.63, 3.8) is 0 Å². The molecular formula is C34H41F3N8OS2. The number of fused-ring (bicyclic) bond motifs is 3. The van der Waals surface area contributed by atoms with Crippen LogP contribution in [0, 0.1) is 18.3 Å². The Kier molecular flexibility index (Phi) is 9.62. The molecule has 0 amide bonds. The molecule has 9 nitrogen and oxygen atoms in total. The Morgan fingerprint density at radius 3 is 2.65 bits per heavy atom. The molecule has 1 aromatic carbocycles. The first-order chi connectivity index (χ1) is 23.1. The highest BCUT2D eigenvalue weighted by molar-refractivity contribution is 7.88. The van der Waals surface area contributed by atoms with E-state index in [9.17, 15) is 23.0 Å². The van der Waals surface area contributed by atoms with Crippen LogP contribution >= 0.6 is 11.3 Å². The maximum absolute atomic E-state index is 13.0. The van der Waals surface area contributed by atoms with Crippen LogP contribution in [0.3, 0.4) is 0 Å². The third kappa shape index (κ3) is 7.04. The average molecular weight is 699 g/mol. The zero-order valence-electron chi connectivity index (χ0n) is 27.3. The summed E-state index contributed by atoms with van der Waals surface area (Å²) in [6.07, 6.45) is 3.14. The maximum Gasteiger partial charge on any atom is 0.393 e. The first-order valence-electron chi connectivity index (χ1n) is 16.7. The van der Waals surface area contributed by atoms with Gasteiger partial charge in [-0.25, -0.2) is 9.97 Å². The van der Waals surface area contributed by atoms with Crippen molar-refractivity contribution in [1.82, 2.24) is 28.6 Å². The number of likely N-dealkylation sites (tertiary alicyclic amines) is 1. The summed E-state index contributed by atoms with van der Waals surface area (Å²) < 4.78 is 55.3. The number of aromatic nitrogens is 3. The number of thiophene rings is 1. The summed E-state index contributed by atoms with van der Waals surface area (Å²) in [4.78, 5) is 14.4. The van der Waals surface area contributed by atoms with Crippen LogP contribution in [0.1, 0.15) is 53.8 Å². The summed E-state index contributed by atoms with van der Waals surface area (Å²) in [6.45, 7) is 8.10. The fourth-order valence-corrected chi connectivity index (χ4v) is 9.68. The van der Waals surface area contributed by atoms with Gasteiger partial charge >= 0.3 is 6.18 Å². The van der Waals surface area contributed by atoms with E-state index in [1.807, 2.05) is 0 Å². The van der Waals surface area contributed by atoms with Crippen LogP contribution in [0.25, 0.3) is 21.1 Å². The number of rotatable bonds is 8. The van der Waals surface area contributed by atoms with Gasteiger partial charge in [0, 0.05) is 78.0 Å². The third-order valence-corrected chi connectivity index (χ3v) is 12.6. The number of halogens is 3.